The molecule has 0 amide bonds. The summed E-state index contributed by atoms with van der Waals surface area (Å²) in [6, 6.07) is 9.23. The van der Waals surface area contributed by atoms with E-state index in [2.05, 4.69) is 47.9 Å². The average molecular weight is 378 g/mol. The largest absolute Gasteiger partial charge is 0.368 e. The first-order valence-corrected chi connectivity index (χ1v) is 10.8. The van der Waals surface area contributed by atoms with Gasteiger partial charge in [-0.3, -0.25) is 0 Å². The number of hydrogen-bond donors (Lipinski definition) is 1. The molecule has 2 N–H and O–H groups in total. The van der Waals surface area contributed by atoms with Crippen LogP contribution < -0.4 is 15.5 Å². The summed E-state index contributed by atoms with van der Waals surface area (Å²) in [6.07, 6.45) is 4.63. The smallest absolute Gasteiger partial charge is 0.134 e. The monoisotopic (exact) mass is 377 g/mol. The van der Waals surface area contributed by atoms with E-state index >= 15 is 0 Å². The van der Waals surface area contributed by atoms with Gasteiger partial charge in [-0.1, -0.05) is 12.1 Å². The quantitative estimate of drug-likeness (QED) is 0.884. The zero-order chi connectivity index (χ0) is 19.3. The SMILES string of the molecule is Cc1cccc(N2CCN(c3cc(C4CC(N)C4)nc(C4CC4)n3)CC2)c1C. The molecule has 0 atom stereocenters. The summed E-state index contributed by atoms with van der Waals surface area (Å²) in [5.41, 5.74) is 11.4. The molecule has 2 heterocycles. The Balaban J connectivity index is 1.34. The standard InChI is InChI=1S/C23H31N5/c1-15-4-3-5-21(16(15)2)27-8-10-28(11-9-27)22-14-20(18-12-19(24)13-18)25-23(26-22)17-6-7-17/h3-5,14,17-19H,6-13,24H2,1-2H3. The van der Waals surface area contributed by atoms with Crippen LogP contribution in [0.1, 0.15) is 60.2 Å². The highest BCUT2D eigenvalue weighted by molar-refractivity contribution is 5.57. The van der Waals surface area contributed by atoms with Crippen LogP contribution in [-0.2, 0) is 0 Å². The molecule has 0 unspecified atom stereocenters. The molecule has 28 heavy (non-hydrogen) atoms. The van der Waals surface area contributed by atoms with Gasteiger partial charge in [0.15, 0.2) is 0 Å². The first-order chi connectivity index (χ1) is 13.6. The molecule has 5 rings (SSSR count). The van der Waals surface area contributed by atoms with Gasteiger partial charge in [0, 0.05) is 61.5 Å². The second-order valence-electron chi connectivity index (χ2n) is 8.91. The Hall–Kier alpha value is -2.14. The van der Waals surface area contributed by atoms with Gasteiger partial charge < -0.3 is 15.5 Å². The van der Waals surface area contributed by atoms with Gasteiger partial charge in [0.1, 0.15) is 11.6 Å². The molecule has 1 aliphatic heterocycles. The Bertz CT molecular complexity index is 861. The normalized spacial score (nSPS) is 25.0. The molecule has 2 aliphatic carbocycles. The number of anilines is 2. The number of benzene rings is 1. The van der Waals surface area contributed by atoms with Crippen LogP contribution in [0.2, 0.25) is 0 Å². The zero-order valence-corrected chi connectivity index (χ0v) is 17.1. The summed E-state index contributed by atoms with van der Waals surface area (Å²) in [5.74, 6) is 3.33. The summed E-state index contributed by atoms with van der Waals surface area (Å²) < 4.78 is 0. The van der Waals surface area contributed by atoms with Crippen LogP contribution in [0.25, 0.3) is 0 Å². The summed E-state index contributed by atoms with van der Waals surface area (Å²) >= 11 is 0. The van der Waals surface area contributed by atoms with Crippen LogP contribution in [0.3, 0.4) is 0 Å². The van der Waals surface area contributed by atoms with Gasteiger partial charge in [-0.05, 0) is 56.7 Å². The minimum atomic E-state index is 0.355. The van der Waals surface area contributed by atoms with Crippen molar-refractivity contribution in [2.75, 3.05) is 36.0 Å². The predicted octanol–water partition coefficient (Wildman–Crippen LogP) is 3.50. The molecule has 1 aromatic heterocycles. The topological polar surface area (TPSA) is 58.3 Å². The predicted molar refractivity (Wildman–Crippen MR) is 114 cm³/mol. The number of piperazine rings is 1. The molecule has 1 saturated heterocycles. The second kappa shape index (κ2) is 7.03. The van der Waals surface area contributed by atoms with Crippen molar-refractivity contribution in [3.63, 3.8) is 0 Å². The van der Waals surface area contributed by atoms with E-state index in [4.69, 9.17) is 15.7 Å². The minimum absolute atomic E-state index is 0.355. The number of rotatable bonds is 4. The van der Waals surface area contributed by atoms with E-state index in [1.165, 1.54) is 35.3 Å². The number of aryl methyl sites for hydroxylation is 1. The Morgan fingerprint density at radius 2 is 1.64 bits per heavy atom. The average Bonchev–Trinajstić information content (AvgIpc) is 3.53. The third-order valence-corrected chi connectivity index (χ3v) is 6.81. The van der Waals surface area contributed by atoms with Crippen molar-refractivity contribution in [2.24, 2.45) is 5.73 Å². The molecule has 3 fully saturated rings. The van der Waals surface area contributed by atoms with Crippen molar-refractivity contribution in [3.05, 3.63) is 46.9 Å². The first kappa shape index (κ1) is 17.9. The van der Waals surface area contributed by atoms with E-state index in [0.29, 0.717) is 17.9 Å². The summed E-state index contributed by atoms with van der Waals surface area (Å²) in [4.78, 5) is 14.9. The molecule has 5 nitrogen and oxygen atoms in total. The highest BCUT2D eigenvalue weighted by Crippen LogP contribution is 2.41. The lowest BCUT2D eigenvalue weighted by molar-refractivity contribution is 0.344. The van der Waals surface area contributed by atoms with Crippen LogP contribution in [0.5, 0.6) is 0 Å². The third kappa shape index (κ3) is 3.37. The highest BCUT2D eigenvalue weighted by Gasteiger charge is 2.33. The van der Waals surface area contributed by atoms with Crippen molar-refractivity contribution in [1.29, 1.82) is 0 Å². The van der Waals surface area contributed by atoms with E-state index in [-0.39, 0.29) is 0 Å². The van der Waals surface area contributed by atoms with Crippen LogP contribution in [0.4, 0.5) is 11.5 Å². The van der Waals surface area contributed by atoms with Crippen molar-refractivity contribution >= 4 is 11.5 Å². The number of nitrogens with two attached hydrogens (primary N) is 1. The molecule has 148 valence electrons. The van der Waals surface area contributed by atoms with E-state index in [9.17, 15) is 0 Å². The van der Waals surface area contributed by atoms with E-state index in [1.807, 2.05) is 0 Å². The fourth-order valence-electron chi connectivity index (χ4n) is 4.52. The van der Waals surface area contributed by atoms with E-state index in [0.717, 1.165) is 50.7 Å². The lowest BCUT2D eigenvalue weighted by Crippen LogP contribution is -2.47. The van der Waals surface area contributed by atoms with E-state index < -0.39 is 0 Å². The maximum Gasteiger partial charge on any atom is 0.134 e. The Morgan fingerprint density at radius 1 is 0.929 bits per heavy atom. The fraction of sp³-hybridized carbons (Fsp3) is 0.565. The Kier molecular flexibility index (Phi) is 4.50. The van der Waals surface area contributed by atoms with Gasteiger partial charge >= 0.3 is 0 Å². The summed E-state index contributed by atoms with van der Waals surface area (Å²) in [5, 5.41) is 0. The van der Waals surface area contributed by atoms with Gasteiger partial charge in [0.2, 0.25) is 0 Å². The van der Waals surface area contributed by atoms with Crippen molar-refractivity contribution in [3.8, 4) is 0 Å². The molecule has 2 saturated carbocycles. The van der Waals surface area contributed by atoms with Crippen LogP contribution in [0, 0.1) is 13.8 Å². The zero-order valence-electron chi connectivity index (χ0n) is 17.1. The summed E-state index contributed by atoms with van der Waals surface area (Å²) in [6.45, 7) is 8.53. The van der Waals surface area contributed by atoms with Gasteiger partial charge in [0.25, 0.3) is 0 Å². The number of nitrogens with zero attached hydrogens (tertiary/aromatic N) is 4. The van der Waals surface area contributed by atoms with Gasteiger partial charge in [-0.25, -0.2) is 9.97 Å². The lowest BCUT2D eigenvalue weighted by Gasteiger charge is -2.38. The van der Waals surface area contributed by atoms with E-state index in [1.54, 1.807) is 0 Å². The maximum absolute atomic E-state index is 6.03. The van der Waals surface area contributed by atoms with Gasteiger partial charge in [0.05, 0.1) is 0 Å². The molecule has 0 bridgehead atoms. The Morgan fingerprint density at radius 3 is 2.32 bits per heavy atom. The molecule has 3 aliphatic rings. The van der Waals surface area contributed by atoms with Crippen LogP contribution in [-0.4, -0.2) is 42.2 Å². The molecule has 0 radical (unpaired) electrons. The molecule has 5 heteroatoms. The fourth-order valence-corrected chi connectivity index (χ4v) is 4.52. The number of hydrogen-bond acceptors (Lipinski definition) is 5. The lowest BCUT2D eigenvalue weighted by atomic mass is 9.78. The molecule has 2 aromatic rings. The number of aromatic nitrogens is 2. The highest BCUT2D eigenvalue weighted by atomic mass is 15.3. The van der Waals surface area contributed by atoms with Crippen molar-refractivity contribution < 1.29 is 0 Å². The Labute approximate surface area is 168 Å². The molecular weight excluding hydrogens is 346 g/mol. The second-order valence-corrected chi connectivity index (χ2v) is 8.91. The van der Waals surface area contributed by atoms with Gasteiger partial charge in [-0.2, -0.15) is 0 Å². The molecular formula is C23H31N5. The minimum Gasteiger partial charge on any atom is -0.368 e. The summed E-state index contributed by atoms with van der Waals surface area (Å²) in [7, 11) is 0. The third-order valence-electron chi connectivity index (χ3n) is 6.81. The first-order valence-electron chi connectivity index (χ1n) is 10.8. The van der Waals surface area contributed by atoms with Gasteiger partial charge in [-0.15, -0.1) is 0 Å². The van der Waals surface area contributed by atoms with Crippen molar-refractivity contribution in [2.45, 2.75) is 57.4 Å². The van der Waals surface area contributed by atoms with Crippen molar-refractivity contribution in [1.82, 2.24) is 9.97 Å². The molecule has 0 spiro atoms. The molecule has 1 aromatic carbocycles. The van der Waals surface area contributed by atoms with Crippen LogP contribution >= 0.6 is 0 Å². The maximum atomic E-state index is 6.03. The van der Waals surface area contributed by atoms with Crippen LogP contribution in [0.15, 0.2) is 24.3 Å².